The number of hydrogen-bond acceptors (Lipinski definition) is 8. The van der Waals surface area contributed by atoms with Gasteiger partial charge in [-0.2, -0.15) is 0 Å². The van der Waals surface area contributed by atoms with Crippen molar-refractivity contribution in [3.8, 4) is 0 Å². The summed E-state index contributed by atoms with van der Waals surface area (Å²) in [6.07, 6.45) is 33.6. The first-order valence-electron chi connectivity index (χ1n) is 27.0. The highest BCUT2D eigenvalue weighted by atomic mass is 16.6. The summed E-state index contributed by atoms with van der Waals surface area (Å²) < 4.78 is 0. The number of hydrogen-bond donors (Lipinski definition) is 4. The molecule has 6 aliphatic carbocycles. The van der Waals surface area contributed by atoms with Gasteiger partial charge in [-0.05, 0) is 160 Å². The van der Waals surface area contributed by atoms with Crippen LogP contribution in [-0.2, 0) is 9.68 Å². The monoisotopic (exact) mass is 963 g/mol. The van der Waals surface area contributed by atoms with E-state index in [1.54, 1.807) is 11.1 Å². The molecule has 0 aliphatic heterocycles. The van der Waals surface area contributed by atoms with Gasteiger partial charge in [0.05, 0.1) is 35.8 Å². The number of aliphatic hydroxyl groups is 4. The van der Waals surface area contributed by atoms with Crippen molar-refractivity contribution < 1.29 is 30.1 Å². The third kappa shape index (κ3) is 14.2. The van der Waals surface area contributed by atoms with Crippen LogP contribution < -0.4 is 0 Å². The SMILES string of the molecule is C=C1/C(=C\C=C2/CCC[C@]3(C)C([C@@H](C)C/C=C/C(=NOCC)C(C)(C)C)=CC[C@@H]23)C[C@@H](O)C[C@@H]1O.C=C1/C(=C\C=C2/CCC[C@]3(C)C([C@H](C)C/C=C/C(=NOCC)C(C)(C)C)=CC[C@@H]23)C[C@@H](O)C[C@@H]1O. The predicted octanol–water partition coefficient (Wildman–Crippen LogP) is 14.1. The van der Waals surface area contributed by atoms with Crippen molar-refractivity contribution in [1.29, 1.82) is 0 Å². The molecule has 10 atom stereocenters. The Hall–Kier alpha value is -3.82. The molecule has 8 heteroatoms. The molecule has 0 aromatic rings. The summed E-state index contributed by atoms with van der Waals surface area (Å²) in [4.78, 5) is 10.7. The van der Waals surface area contributed by atoms with E-state index in [2.05, 4.69) is 153 Å². The second-order valence-corrected chi connectivity index (χ2v) is 23.9. The zero-order valence-corrected chi connectivity index (χ0v) is 45.6. The Morgan fingerprint density at radius 1 is 0.657 bits per heavy atom. The fourth-order valence-corrected chi connectivity index (χ4v) is 12.3. The molecule has 0 aromatic carbocycles. The van der Waals surface area contributed by atoms with Gasteiger partial charge in [0, 0.05) is 23.7 Å². The van der Waals surface area contributed by atoms with Gasteiger partial charge >= 0.3 is 0 Å². The molecule has 0 saturated heterocycles. The average Bonchev–Trinajstić information content (AvgIpc) is 3.84. The fraction of sp³-hybridized carbons (Fsp3) is 0.645. The second-order valence-electron chi connectivity index (χ2n) is 23.9. The summed E-state index contributed by atoms with van der Waals surface area (Å²) in [7, 11) is 0. The van der Waals surface area contributed by atoms with E-state index in [0.717, 1.165) is 72.2 Å². The van der Waals surface area contributed by atoms with Gasteiger partial charge in [-0.1, -0.05) is 164 Å². The Labute approximate surface area is 424 Å². The highest BCUT2D eigenvalue weighted by molar-refractivity contribution is 5.99. The van der Waals surface area contributed by atoms with Gasteiger partial charge in [-0.25, -0.2) is 0 Å². The van der Waals surface area contributed by atoms with Crippen LogP contribution in [-0.4, -0.2) is 69.5 Å². The number of nitrogens with zero attached hydrogens (tertiary/aromatic N) is 2. The zero-order chi connectivity index (χ0) is 51.6. The Bertz CT molecular complexity index is 2010. The molecule has 4 saturated carbocycles. The first-order chi connectivity index (χ1) is 32.9. The maximum Gasteiger partial charge on any atom is 0.114 e. The first-order valence-corrected chi connectivity index (χ1v) is 27.0. The summed E-state index contributed by atoms with van der Waals surface area (Å²) in [5, 5.41) is 49.2. The molecule has 0 heterocycles. The lowest BCUT2D eigenvalue weighted by Crippen LogP contribution is -2.32. The van der Waals surface area contributed by atoms with Gasteiger partial charge in [0.15, 0.2) is 0 Å². The summed E-state index contributed by atoms with van der Waals surface area (Å²) >= 11 is 0. The Balaban J connectivity index is 0.000000261. The minimum atomic E-state index is -0.633. The first kappa shape index (κ1) is 57.1. The molecule has 4 fully saturated rings. The largest absolute Gasteiger partial charge is 0.396 e. The van der Waals surface area contributed by atoms with Crippen molar-refractivity contribution in [3.63, 3.8) is 0 Å². The van der Waals surface area contributed by atoms with Gasteiger partial charge < -0.3 is 30.1 Å². The zero-order valence-electron chi connectivity index (χ0n) is 45.6. The van der Waals surface area contributed by atoms with Crippen LogP contribution in [0.25, 0.3) is 0 Å². The lowest BCUT2D eigenvalue weighted by Gasteiger charge is -2.42. The van der Waals surface area contributed by atoms with Crippen LogP contribution in [0.2, 0.25) is 0 Å². The number of aliphatic hydroxyl groups excluding tert-OH is 4. The minimum absolute atomic E-state index is 0.0497. The molecule has 6 rings (SSSR count). The van der Waals surface area contributed by atoms with Crippen molar-refractivity contribution in [2.24, 2.45) is 55.6 Å². The van der Waals surface area contributed by atoms with Crippen molar-refractivity contribution >= 4 is 11.4 Å². The Morgan fingerprint density at radius 3 is 1.37 bits per heavy atom. The number of oxime groups is 2. The average molecular weight is 963 g/mol. The molecular formula is C62H94N2O6. The molecule has 4 N–H and O–H groups in total. The molecule has 0 aromatic heterocycles. The normalized spacial score (nSPS) is 33.4. The summed E-state index contributed by atoms with van der Waals surface area (Å²) in [5.41, 5.74) is 12.0. The molecular weight excluding hydrogens is 869 g/mol. The van der Waals surface area contributed by atoms with Crippen molar-refractivity contribution in [2.45, 2.75) is 197 Å². The van der Waals surface area contributed by atoms with Crippen LogP contribution in [0.3, 0.4) is 0 Å². The van der Waals surface area contributed by atoms with Crippen LogP contribution in [0.1, 0.15) is 173 Å². The fourth-order valence-electron chi connectivity index (χ4n) is 12.3. The maximum absolute atomic E-state index is 10.2. The lowest BCUT2D eigenvalue weighted by molar-refractivity contribution is 0.0856. The van der Waals surface area contributed by atoms with E-state index in [-0.39, 0.29) is 21.7 Å². The van der Waals surface area contributed by atoms with E-state index in [1.807, 2.05) is 13.8 Å². The molecule has 6 aliphatic rings. The number of allylic oxidation sites excluding steroid dienone is 14. The third-order valence-corrected chi connectivity index (χ3v) is 16.5. The molecule has 388 valence electrons. The smallest absolute Gasteiger partial charge is 0.114 e. The molecule has 0 bridgehead atoms. The summed E-state index contributed by atoms with van der Waals surface area (Å²) in [6, 6.07) is 0. The van der Waals surface area contributed by atoms with Gasteiger partial charge in [0.1, 0.15) is 13.2 Å². The quantitative estimate of drug-likeness (QED) is 0.0781. The van der Waals surface area contributed by atoms with Gasteiger partial charge in [-0.15, -0.1) is 0 Å². The highest BCUT2D eigenvalue weighted by Gasteiger charge is 2.47. The van der Waals surface area contributed by atoms with Gasteiger partial charge in [0.2, 0.25) is 0 Å². The van der Waals surface area contributed by atoms with Crippen LogP contribution in [0.5, 0.6) is 0 Å². The van der Waals surface area contributed by atoms with E-state index < -0.39 is 24.4 Å². The van der Waals surface area contributed by atoms with Crippen molar-refractivity contribution in [1.82, 2.24) is 0 Å². The topological polar surface area (TPSA) is 124 Å². The van der Waals surface area contributed by atoms with Crippen molar-refractivity contribution in [3.05, 3.63) is 119 Å². The van der Waals surface area contributed by atoms with Crippen LogP contribution >= 0.6 is 0 Å². The molecule has 0 unspecified atom stereocenters. The Morgan fingerprint density at radius 2 is 1.03 bits per heavy atom. The molecule has 8 nitrogen and oxygen atoms in total. The predicted molar refractivity (Wildman–Crippen MR) is 292 cm³/mol. The standard InChI is InChI=1S/2C31H47NO3/c2*1-8-35-32-29(30(4,5)6)13-9-11-21(2)26-16-17-27-23(12-10-18-31(26,27)7)14-15-24-19-25(33)20-28(34)22(24)3/h2*9,13-16,21,25,27-28,33-34H,3,8,10-12,17-20H2,1-2,4-7H3/b2*13-9+,23-14+,24-15-,32-29?/t21-,25+,27-,28-,31+;21-,25-,27+,28+,31-/m01/s1. The van der Waals surface area contributed by atoms with E-state index in [0.29, 0.717) is 62.6 Å². The minimum Gasteiger partial charge on any atom is -0.396 e. The van der Waals surface area contributed by atoms with E-state index in [1.165, 1.54) is 36.8 Å². The summed E-state index contributed by atoms with van der Waals surface area (Å²) in [5.74, 6) is 2.03. The maximum atomic E-state index is 10.2. The highest BCUT2D eigenvalue weighted by Crippen LogP contribution is 2.58. The Kier molecular flexibility index (Phi) is 20.2. The summed E-state index contributed by atoms with van der Waals surface area (Å²) in [6.45, 7) is 35.8. The van der Waals surface area contributed by atoms with Crippen molar-refractivity contribution in [2.75, 3.05) is 13.2 Å². The van der Waals surface area contributed by atoms with Crippen LogP contribution in [0.4, 0.5) is 0 Å². The number of fused-ring (bicyclic) bond motifs is 2. The number of rotatable bonds is 14. The van der Waals surface area contributed by atoms with E-state index in [9.17, 15) is 20.4 Å². The molecule has 0 spiro atoms. The van der Waals surface area contributed by atoms with Crippen LogP contribution in [0, 0.1) is 45.3 Å². The molecule has 0 radical (unpaired) electrons. The second kappa shape index (κ2) is 24.7. The van der Waals surface area contributed by atoms with E-state index in [4.69, 9.17) is 9.68 Å². The molecule has 70 heavy (non-hydrogen) atoms. The lowest BCUT2D eigenvalue weighted by atomic mass is 9.62. The third-order valence-electron chi connectivity index (χ3n) is 16.5. The van der Waals surface area contributed by atoms with Gasteiger partial charge in [-0.3, -0.25) is 0 Å². The molecule has 0 amide bonds. The van der Waals surface area contributed by atoms with Gasteiger partial charge in [0.25, 0.3) is 0 Å². The van der Waals surface area contributed by atoms with Crippen LogP contribution in [0.15, 0.2) is 129 Å². The van der Waals surface area contributed by atoms with E-state index >= 15 is 0 Å².